The first-order chi connectivity index (χ1) is 12.5. The van der Waals surface area contributed by atoms with E-state index in [9.17, 15) is 9.59 Å². The second-order valence-corrected chi connectivity index (χ2v) is 7.81. The van der Waals surface area contributed by atoms with E-state index < -0.39 is 0 Å². The number of fused-ring (bicyclic) bond motifs is 1. The predicted octanol–water partition coefficient (Wildman–Crippen LogP) is 4.03. The molecule has 26 heavy (non-hydrogen) atoms. The molecule has 0 aromatic heterocycles. The van der Waals surface area contributed by atoms with E-state index in [1.54, 1.807) is 4.90 Å². The molecule has 1 heterocycles. The number of rotatable bonds is 9. The molecular weight excluding hydrogens is 324 g/mol. The molecule has 0 unspecified atom stereocenters. The minimum Gasteiger partial charge on any atom is -0.336 e. The van der Waals surface area contributed by atoms with E-state index in [2.05, 4.69) is 39.0 Å². The largest absolute Gasteiger partial charge is 0.336 e. The SMILES string of the molecule is CCCCCCC(=O)N(CC(=O)N1CCc2ccccc2C1)CC(C)C. The molecule has 0 atom stereocenters. The van der Waals surface area contributed by atoms with Crippen LogP contribution in [0.3, 0.4) is 0 Å². The average molecular weight is 359 g/mol. The predicted molar refractivity (Wildman–Crippen MR) is 106 cm³/mol. The highest BCUT2D eigenvalue weighted by molar-refractivity contribution is 5.85. The summed E-state index contributed by atoms with van der Waals surface area (Å²) in [6, 6.07) is 8.32. The first-order valence-corrected chi connectivity index (χ1v) is 10.1. The van der Waals surface area contributed by atoms with E-state index in [1.807, 2.05) is 11.0 Å². The van der Waals surface area contributed by atoms with Gasteiger partial charge in [-0.3, -0.25) is 9.59 Å². The van der Waals surface area contributed by atoms with Crippen molar-refractivity contribution in [3.05, 3.63) is 35.4 Å². The van der Waals surface area contributed by atoms with Crippen LogP contribution in [0.5, 0.6) is 0 Å². The lowest BCUT2D eigenvalue weighted by atomic mass is 10.00. The fourth-order valence-corrected chi connectivity index (χ4v) is 3.53. The lowest BCUT2D eigenvalue weighted by molar-refractivity contribution is -0.141. The van der Waals surface area contributed by atoms with E-state index in [1.165, 1.54) is 24.0 Å². The van der Waals surface area contributed by atoms with Gasteiger partial charge >= 0.3 is 0 Å². The summed E-state index contributed by atoms with van der Waals surface area (Å²) in [5.41, 5.74) is 2.57. The molecule has 0 fully saturated rings. The normalized spacial score (nSPS) is 13.6. The maximum atomic E-state index is 12.8. The lowest BCUT2D eigenvalue weighted by Gasteiger charge is -2.32. The van der Waals surface area contributed by atoms with Crippen LogP contribution in [-0.2, 0) is 22.6 Å². The molecule has 0 N–H and O–H groups in total. The Kier molecular flexibility index (Phi) is 8.14. The van der Waals surface area contributed by atoms with Crippen molar-refractivity contribution in [2.75, 3.05) is 19.6 Å². The second kappa shape index (κ2) is 10.3. The Bertz CT molecular complexity index is 598. The monoisotopic (exact) mass is 358 g/mol. The molecule has 2 rings (SSSR count). The van der Waals surface area contributed by atoms with Gasteiger partial charge in [-0.05, 0) is 29.9 Å². The van der Waals surface area contributed by atoms with E-state index in [-0.39, 0.29) is 18.4 Å². The number of hydrogen-bond acceptors (Lipinski definition) is 2. The van der Waals surface area contributed by atoms with Crippen LogP contribution in [0.15, 0.2) is 24.3 Å². The standard InChI is InChI=1S/C22H34N2O2/c1-4-5-6-7-12-21(25)24(15-18(2)3)17-22(26)23-14-13-19-10-8-9-11-20(19)16-23/h8-11,18H,4-7,12-17H2,1-3H3. The summed E-state index contributed by atoms with van der Waals surface area (Å²) in [6.45, 7) is 8.64. The zero-order valence-electron chi connectivity index (χ0n) is 16.7. The van der Waals surface area contributed by atoms with Crippen LogP contribution in [0.4, 0.5) is 0 Å². The van der Waals surface area contributed by atoms with Crippen molar-refractivity contribution in [2.24, 2.45) is 5.92 Å². The number of nitrogens with zero attached hydrogens (tertiary/aromatic N) is 2. The van der Waals surface area contributed by atoms with Crippen molar-refractivity contribution in [3.8, 4) is 0 Å². The molecule has 1 aliphatic heterocycles. The smallest absolute Gasteiger partial charge is 0.242 e. The third-order valence-electron chi connectivity index (χ3n) is 4.99. The summed E-state index contributed by atoms with van der Waals surface area (Å²) >= 11 is 0. The first kappa shape index (κ1) is 20.5. The molecule has 1 aliphatic rings. The molecule has 4 heteroatoms. The summed E-state index contributed by atoms with van der Waals surface area (Å²) in [5, 5.41) is 0. The zero-order valence-corrected chi connectivity index (χ0v) is 16.7. The molecule has 0 aliphatic carbocycles. The van der Waals surface area contributed by atoms with Crippen molar-refractivity contribution < 1.29 is 9.59 Å². The molecule has 1 aromatic rings. The number of hydrogen-bond donors (Lipinski definition) is 0. The third kappa shape index (κ3) is 6.15. The van der Waals surface area contributed by atoms with E-state index >= 15 is 0 Å². The highest BCUT2D eigenvalue weighted by atomic mass is 16.2. The Morgan fingerprint density at radius 2 is 1.85 bits per heavy atom. The van der Waals surface area contributed by atoms with E-state index in [0.29, 0.717) is 25.4 Å². The van der Waals surface area contributed by atoms with Gasteiger partial charge in [-0.1, -0.05) is 64.3 Å². The minimum atomic E-state index is 0.0714. The molecular formula is C22H34N2O2. The molecule has 0 radical (unpaired) electrons. The average Bonchev–Trinajstić information content (AvgIpc) is 2.63. The van der Waals surface area contributed by atoms with Gasteiger partial charge in [0, 0.05) is 26.1 Å². The summed E-state index contributed by atoms with van der Waals surface area (Å²) in [5.74, 6) is 0.562. The molecule has 0 saturated carbocycles. The van der Waals surface area contributed by atoms with Gasteiger partial charge in [-0.25, -0.2) is 0 Å². The topological polar surface area (TPSA) is 40.6 Å². The maximum absolute atomic E-state index is 12.8. The van der Waals surface area contributed by atoms with E-state index in [0.717, 1.165) is 25.8 Å². The van der Waals surface area contributed by atoms with Gasteiger partial charge in [-0.2, -0.15) is 0 Å². The number of carbonyl (C=O) groups excluding carboxylic acids is 2. The minimum absolute atomic E-state index is 0.0714. The van der Waals surface area contributed by atoms with Crippen molar-refractivity contribution in [2.45, 2.75) is 65.8 Å². The van der Waals surface area contributed by atoms with Gasteiger partial charge in [-0.15, -0.1) is 0 Å². The Labute approximate surface area is 158 Å². The van der Waals surface area contributed by atoms with Gasteiger partial charge < -0.3 is 9.80 Å². The van der Waals surface area contributed by atoms with Gasteiger partial charge in [0.25, 0.3) is 0 Å². The van der Waals surface area contributed by atoms with Gasteiger partial charge in [0.05, 0.1) is 6.54 Å². The van der Waals surface area contributed by atoms with Crippen LogP contribution in [0.2, 0.25) is 0 Å². The summed E-state index contributed by atoms with van der Waals surface area (Å²) in [6.07, 6.45) is 5.81. The van der Waals surface area contributed by atoms with E-state index in [4.69, 9.17) is 0 Å². The van der Waals surface area contributed by atoms with Crippen molar-refractivity contribution in [1.82, 2.24) is 9.80 Å². The number of unbranched alkanes of at least 4 members (excludes halogenated alkanes) is 3. The van der Waals surface area contributed by atoms with Crippen LogP contribution < -0.4 is 0 Å². The Morgan fingerprint density at radius 1 is 1.12 bits per heavy atom. The molecule has 1 aromatic carbocycles. The second-order valence-electron chi connectivity index (χ2n) is 7.81. The van der Waals surface area contributed by atoms with Gasteiger partial charge in [0.15, 0.2) is 0 Å². The zero-order chi connectivity index (χ0) is 18.9. The first-order valence-electron chi connectivity index (χ1n) is 10.1. The fraction of sp³-hybridized carbons (Fsp3) is 0.636. The summed E-state index contributed by atoms with van der Waals surface area (Å²) < 4.78 is 0. The Balaban J connectivity index is 1.92. The molecule has 0 spiro atoms. The third-order valence-corrected chi connectivity index (χ3v) is 4.99. The molecule has 4 nitrogen and oxygen atoms in total. The molecule has 144 valence electrons. The van der Waals surface area contributed by atoms with Crippen molar-refractivity contribution in [3.63, 3.8) is 0 Å². The Morgan fingerprint density at radius 3 is 2.54 bits per heavy atom. The summed E-state index contributed by atoms with van der Waals surface area (Å²) in [4.78, 5) is 29.1. The van der Waals surface area contributed by atoms with Gasteiger partial charge in [0.2, 0.25) is 11.8 Å². The summed E-state index contributed by atoms with van der Waals surface area (Å²) in [7, 11) is 0. The van der Waals surface area contributed by atoms with Gasteiger partial charge in [0.1, 0.15) is 0 Å². The van der Waals surface area contributed by atoms with Crippen LogP contribution in [-0.4, -0.2) is 41.2 Å². The van der Waals surface area contributed by atoms with Crippen LogP contribution in [0.1, 0.15) is 64.0 Å². The highest BCUT2D eigenvalue weighted by Gasteiger charge is 2.24. The van der Waals surface area contributed by atoms with Crippen molar-refractivity contribution >= 4 is 11.8 Å². The number of carbonyl (C=O) groups is 2. The lowest BCUT2D eigenvalue weighted by Crippen LogP contribution is -2.45. The maximum Gasteiger partial charge on any atom is 0.242 e. The number of amides is 2. The molecule has 0 saturated heterocycles. The fourth-order valence-electron chi connectivity index (χ4n) is 3.53. The molecule has 2 amide bonds. The highest BCUT2D eigenvalue weighted by Crippen LogP contribution is 2.19. The van der Waals surface area contributed by atoms with Crippen LogP contribution in [0.25, 0.3) is 0 Å². The number of benzene rings is 1. The Hall–Kier alpha value is -1.84. The molecule has 0 bridgehead atoms. The van der Waals surface area contributed by atoms with Crippen LogP contribution in [0, 0.1) is 5.92 Å². The van der Waals surface area contributed by atoms with Crippen molar-refractivity contribution in [1.29, 1.82) is 0 Å². The van der Waals surface area contributed by atoms with Crippen LogP contribution >= 0.6 is 0 Å². The quantitative estimate of drug-likeness (QED) is 0.626.